The molecule has 0 bridgehead atoms. The number of rotatable bonds is 6. The maximum atomic E-state index is 12.1. The third-order valence-corrected chi connectivity index (χ3v) is 3.30. The Kier molecular flexibility index (Phi) is 4.84. The number of ether oxygens (including phenoxy) is 2. The first kappa shape index (κ1) is 14.7. The Labute approximate surface area is 119 Å². The van der Waals surface area contributed by atoms with Crippen molar-refractivity contribution in [3.63, 3.8) is 0 Å². The molecule has 1 fully saturated rings. The normalized spacial score (nSPS) is 18.4. The first-order chi connectivity index (χ1) is 9.69. The van der Waals surface area contributed by atoms with E-state index in [4.69, 9.17) is 9.47 Å². The van der Waals surface area contributed by atoms with Gasteiger partial charge in [0.25, 0.3) is 0 Å². The highest BCUT2D eigenvalue weighted by Crippen LogP contribution is 2.36. The quantitative estimate of drug-likeness (QED) is 0.863. The Balaban J connectivity index is 2.31. The van der Waals surface area contributed by atoms with Gasteiger partial charge in [-0.1, -0.05) is 0 Å². The molecule has 1 saturated heterocycles. The Morgan fingerprint density at radius 3 is 2.65 bits per heavy atom. The molecule has 0 aromatic heterocycles. The van der Waals surface area contributed by atoms with Crippen LogP contribution in [-0.2, 0) is 4.79 Å². The summed E-state index contributed by atoms with van der Waals surface area (Å²) < 4.78 is 11.1. The number of carbonyl (C=O) groups is 1. The van der Waals surface area contributed by atoms with E-state index in [-0.39, 0.29) is 18.4 Å². The predicted octanol–water partition coefficient (Wildman–Crippen LogP) is 1.83. The van der Waals surface area contributed by atoms with Gasteiger partial charge < -0.3 is 19.5 Å². The number of benzene rings is 1. The van der Waals surface area contributed by atoms with Crippen LogP contribution in [0.5, 0.6) is 11.5 Å². The Morgan fingerprint density at radius 2 is 2.05 bits per heavy atom. The number of aliphatic hydroxyl groups excluding tert-OH is 1. The van der Waals surface area contributed by atoms with Crippen molar-refractivity contribution in [1.29, 1.82) is 0 Å². The standard InChI is InChI=1S/C15H21NO4/c1-3-19-12-5-6-14(20-4-2)13(8-12)16-9-11(10-17)7-15(16)18/h5-6,8,11,17H,3-4,7,9-10H2,1-2H3. The van der Waals surface area contributed by atoms with Gasteiger partial charge in [0, 0.05) is 31.6 Å². The smallest absolute Gasteiger partial charge is 0.227 e. The Bertz CT molecular complexity index is 475. The van der Waals surface area contributed by atoms with Crippen LogP contribution in [0.4, 0.5) is 5.69 Å². The number of nitrogens with zero attached hydrogens (tertiary/aromatic N) is 1. The molecule has 1 aliphatic heterocycles. The minimum atomic E-state index is -0.00674. The van der Waals surface area contributed by atoms with Gasteiger partial charge in [-0.2, -0.15) is 0 Å². The fourth-order valence-corrected chi connectivity index (χ4v) is 2.38. The van der Waals surface area contributed by atoms with Crippen LogP contribution in [0.3, 0.4) is 0 Å². The van der Waals surface area contributed by atoms with E-state index < -0.39 is 0 Å². The molecule has 110 valence electrons. The van der Waals surface area contributed by atoms with E-state index >= 15 is 0 Å². The number of amides is 1. The Hall–Kier alpha value is -1.75. The first-order valence-corrected chi connectivity index (χ1v) is 7.00. The zero-order valence-corrected chi connectivity index (χ0v) is 12.0. The minimum Gasteiger partial charge on any atom is -0.494 e. The fourth-order valence-electron chi connectivity index (χ4n) is 2.38. The average Bonchev–Trinajstić information content (AvgIpc) is 2.82. The average molecular weight is 279 g/mol. The molecule has 1 unspecified atom stereocenters. The van der Waals surface area contributed by atoms with Gasteiger partial charge in [0.15, 0.2) is 0 Å². The van der Waals surface area contributed by atoms with Crippen LogP contribution in [0.25, 0.3) is 0 Å². The second-order valence-corrected chi connectivity index (χ2v) is 4.75. The van der Waals surface area contributed by atoms with Gasteiger partial charge in [-0.15, -0.1) is 0 Å². The summed E-state index contributed by atoms with van der Waals surface area (Å²) in [5.74, 6) is 1.39. The number of hydrogen-bond donors (Lipinski definition) is 1. The van der Waals surface area contributed by atoms with E-state index in [0.717, 1.165) is 5.69 Å². The van der Waals surface area contributed by atoms with Gasteiger partial charge in [-0.3, -0.25) is 4.79 Å². The molecule has 5 nitrogen and oxygen atoms in total. The molecule has 1 amide bonds. The van der Waals surface area contributed by atoms with Crippen LogP contribution in [0.15, 0.2) is 18.2 Å². The molecule has 0 radical (unpaired) electrons. The largest absolute Gasteiger partial charge is 0.494 e. The van der Waals surface area contributed by atoms with Crippen molar-refractivity contribution in [2.75, 3.05) is 31.3 Å². The third kappa shape index (κ3) is 3.04. The van der Waals surface area contributed by atoms with E-state index in [0.29, 0.717) is 37.7 Å². The summed E-state index contributed by atoms with van der Waals surface area (Å²) >= 11 is 0. The van der Waals surface area contributed by atoms with Crippen molar-refractivity contribution in [2.24, 2.45) is 5.92 Å². The second kappa shape index (κ2) is 6.61. The van der Waals surface area contributed by atoms with E-state index in [1.807, 2.05) is 32.0 Å². The summed E-state index contributed by atoms with van der Waals surface area (Å²) in [5.41, 5.74) is 0.721. The topological polar surface area (TPSA) is 59.0 Å². The summed E-state index contributed by atoms with van der Waals surface area (Å²) in [4.78, 5) is 13.8. The monoisotopic (exact) mass is 279 g/mol. The Morgan fingerprint density at radius 1 is 1.30 bits per heavy atom. The number of aliphatic hydroxyl groups is 1. The van der Waals surface area contributed by atoms with Crippen LogP contribution in [0, 0.1) is 5.92 Å². The molecule has 5 heteroatoms. The van der Waals surface area contributed by atoms with Gasteiger partial charge >= 0.3 is 0 Å². The number of hydrogen-bond acceptors (Lipinski definition) is 4. The van der Waals surface area contributed by atoms with Crippen molar-refractivity contribution in [2.45, 2.75) is 20.3 Å². The maximum absolute atomic E-state index is 12.1. The van der Waals surface area contributed by atoms with Crippen LogP contribution in [-0.4, -0.2) is 37.4 Å². The van der Waals surface area contributed by atoms with Crippen molar-refractivity contribution in [1.82, 2.24) is 0 Å². The molecule has 20 heavy (non-hydrogen) atoms. The minimum absolute atomic E-state index is 0.00674. The third-order valence-electron chi connectivity index (χ3n) is 3.30. The molecule has 1 N–H and O–H groups in total. The summed E-state index contributed by atoms with van der Waals surface area (Å²) in [5, 5.41) is 9.23. The molecular formula is C15H21NO4. The van der Waals surface area contributed by atoms with Gasteiger partial charge in [0.2, 0.25) is 5.91 Å². The summed E-state index contributed by atoms with van der Waals surface area (Å²) in [7, 11) is 0. The van der Waals surface area contributed by atoms with Crippen LogP contribution in [0.2, 0.25) is 0 Å². The zero-order valence-electron chi connectivity index (χ0n) is 12.0. The lowest BCUT2D eigenvalue weighted by atomic mass is 10.1. The van der Waals surface area contributed by atoms with Crippen LogP contribution >= 0.6 is 0 Å². The SMILES string of the molecule is CCOc1ccc(OCC)c(N2CC(CO)CC2=O)c1. The predicted molar refractivity (Wildman–Crippen MR) is 76.3 cm³/mol. The molecule has 1 aromatic carbocycles. The molecule has 0 spiro atoms. The van der Waals surface area contributed by atoms with Gasteiger partial charge in [-0.05, 0) is 26.0 Å². The highest BCUT2D eigenvalue weighted by Gasteiger charge is 2.32. The van der Waals surface area contributed by atoms with Crippen molar-refractivity contribution in [3.8, 4) is 11.5 Å². The molecular weight excluding hydrogens is 258 g/mol. The van der Waals surface area contributed by atoms with E-state index in [2.05, 4.69) is 0 Å². The highest BCUT2D eigenvalue weighted by molar-refractivity contribution is 5.97. The lowest BCUT2D eigenvalue weighted by molar-refractivity contribution is -0.117. The van der Waals surface area contributed by atoms with Gasteiger partial charge in [-0.25, -0.2) is 0 Å². The lowest BCUT2D eigenvalue weighted by Crippen LogP contribution is -2.25. The molecule has 0 aliphatic carbocycles. The van der Waals surface area contributed by atoms with E-state index in [1.165, 1.54) is 0 Å². The molecule has 2 rings (SSSR count). The van der Waals surface area contributed by atoms with E-state index in [9.17, 15) is 9.90 Å². The molecule has 1 heterocycles. The lowest BCUT2D eigenvalue weighted by Gasteiger charge is -2.21. The van der Waals surface area contributed by atoms with Crippen molar-refractivity contribution in [3.05, 3.63) is 18.2 Å². The van der Waals surface area contributed by atoms with Gasteiger partial charge in [0.05, 0.1) is 18.9 Å². The molecule has 1 atom stereocenters. The summed E-state index contributed by atoms with van der Waals surface area (Å²) in [6.45, 7) is 5.47. The number of anilines is 1. The summed E-state index contributed by atoms with van der Waals surface area (Å²) in [6, 6.07) is 5.48. The molecule has 0 saturated carbocycles. The summed E-state index contributed by atoms with van der Waals surface area (Å²) in [6.07, 6.45) is 0.376. The molecule has 1 aliphatic rings. The van der Waals surface area contributed by atoms with Crippen LogP contribution < -0.4 is 14.4 Å². The maximum Gasteiger partial charge on any atom is 0.227 e. The van der Waals surface area contributed by atoms with Crippen LogP contribution in [0.1, 0.15) is 20.3 Å². The van der Waals surface area contributed by atoms with E-state index in [1.54, 1.807) is 4.90 Å². The zero-order chi connectivity index (χ0) is 14.5. The highest BCUT2D eigenvalue weighted by atomic mass is 16.5. The first-order valence-electron chi connectivity index (χ1n) is 7.00. The fraction of sp³-hybridized carbons (Fsp3) is 0.533. The van der Waals surface area contributed by atoms with Crippen molar-refractivity contribution >= 4 is 11.6 Å². The number of carbonyl (C=O) groups excluding carboxylic acids is 1. The second-order valence-electron chi connectivity index (χ2n) is 4.75. The molecule has 1 aromatic rings. The van der Waals surface area contributed by atoms with Gasteiger partial charge in [0.1, 0.15) is 11.5 Å². The van der Waals surface area contributed by atoms with Crippen molar-refractivity contribution < 1.29 is 19.4 Å².